The molecule has 1 aliphatic carbocycles. The molecule has 8 heteroatoms. The van der Waals surface area contributed by atoms with Crippen LogP contribution in [0.3, 0.4) is 0 Å². The minimum atomic E-state index is -1.19. The second kappa shape index (κ2) is 8.76. The number of ether oxygens (including phenoxy) is 1. The monoisotopic (exact) mass is 537 g/mol. The molecule has 184 valence electrons. The molecule has 0 amide bonds. The van der Waals surface area contributed by atoms with E-state index in [-0.39, 0.29) is 5.41 Å². The fourth-order valence-electron chi connectivity index (χ4n) is 5.97. The Bertz CT molecular complexity index is 1210. The van der Waals surface area contributed by atoms with Crippen LogP contribution >= 0.6 is 15.9 Å². The van der Waals surface area contributed by atoms with Gasteiger partial charge in [-0.15, -0.1) is 0 Å². The molecule has 1 saturated carbocycles. The van der Waals surface area contributed by atoms with Crippen molar-refractivity contribution in [2.24, 2.45) is 5.41 Å². The molecule has 4 heterocycles. The van der Waals surface area contributed by atoms with Gasteiger partial charge in [0.15, 0.2) is 5.82 Å². The van der Waals surface area contributed by atoms with Gasteiger partial charge in [-0.1, -0.05) is 35.0 Å². The first-order valence-corrected chi connectivity index (χ1v) is 13.3. The van der Waals surface area contributed by atoms with Gasteiger partial charge in [-0.05, 0) is 56.5 Å². The van der Waals surface area contributed by atoms with Crippen LogP contribution in [0, 0.1) is 5.41 Å². The molecule has 0 spiro atoms. The average molecular weight is 538 g/mol. The zero-order valence-electron chi connectivity index (χ0n) is 20.3. The smallest absolute Gasteiger partial charge is 0.182 e. The van der Waals surface area contributed by atoms with E-state index < -0.39 is 5.60 Å². The number of aliphatic hydroxyl groups is 1. The molecule has 1 N–H and O–H groups in total. The Balaban J connectivity index is 1.42. The Morgan fingerprint density at radius 3 is 2.43 bits per heavy atom. The van der Waals surface area contributed by atoms with Gasteiger partial charge in [0.25, 0.3) is 0 Å². The van der Waals surface area contributed by atoms with E-state index in [9.17, 15) is 5.11 Å². The average Bonchev–Trinajstić information content (AvgIpc) is 3.61. The Morgan fingerprint density at radius 2 is 1.77 bits per heavy atom. The molecular weight excluding hydrogens is 506 g/mol. The van der Waals surface area contributed by atoms with Gasteiger partial charge < -0.3 is 14.7 Å². The first kappa shape index (κ1) is 23.3. The number of likely N-dealkylation sites (tertiary alicyclic amines) is 1. The summed E-state index contributed by atoms with van der Waals surface area (Å²) in [5, 5.41) is 17.4. The van der Waals surface area contributed by atoms with Crippen molar-refractivity contribution in [1.29, 1.82) is 0 Å². The van der Waals surface area contributed by atoms with E-state index in [1.807, 2.05) is 36.5 Å². The molecule has 0 radical (unpaired) electrons. The maximum Gasteiger partial charge on any atom is 0.182 e. The maximum atomic E-state index is 12.4. The summed E-state index contributed by atoms with van der Waals surface area (Å²) in [5.41, 5.74) is 0.968. The number of rotatable bonds is 6. The van der Waals surface area contributed by atoms with Crippen molar-refractivity contribution in [3.63, 3.8) is 0 Å². The number of hydrogen-bond acceptors (Lipinski definition) is 6. The second-order valence-corrected chi connectivity index (χ2v) is 11.7. The van der Waals surface area contributed by atoms with Crippen molar-refractivity contribution in [3.05, 3.63) is 64.1 Å². The highest BCUT2D eigenvalue weighted by molar-refractivity contribution is 9.10. The van der Waals surface area contributed by atoms with Crippen LogP contribution in [-0.2, 0) is 10.3 Å². The quantitative estimate of drug-likeness (QED) is 0.498. The predicted molar refractivity (Wildman–Crippen MR) is 137 cm³/mol. The summed E-state index contributed by atoms with van der Waals surface area (Å²) in [5.74, 6) is 2.15. The molecule has 3 aliphatic rings. The number of nitrogens with zero attached hydrogens (tertiary/aromatic N) is 5. The zero-order valence-corrected chi connectivity index (χ0v) is 21.9. The number of hydrogen-bond donors (Lipinski definition) is 1. The molecule has 2 aromatic heterocycles. The molecule has 1 unspecified atom stereocenters. The number of halogens is 1. The van der Waals surface area contributed by atoms with Crippen LogP contribution in [0.25, 0.3) is 11.4 Å². The fourth-order valence-corrected chi connectivity index (χ4v) is 6.23. The summed E-state index contributed by atoms with van der Waals surface area (Å²) < 4.78 is 8.73. The lowest BCUT2D eigenvalue weighted by atomic mass is 9.62. The standard InChI is InChI=1S/C27H32BrN5O2/c1-26(16-32(2)17-26)27(34,20-3-5-22(28)6-4-20)21-13-19(14-29-15-21)24-30-25(18-9-11-35-12-10-18)33(31-24)23-7-8-23/h3-6,13-15,18,23,34H,7-12,16-17H2,1-2H3. The molecule has 7 nitrogen and oxygen atoms in total. The van der Waals surface area contributed by atoms with E-state index in [4.69, 9.17) is 14.8 Å². The maximum absolute atomic E-state index is 12.4. The molecular formula is C27H32BrN5O2. The molecule has 1 aromatic carbocycles. The highest BCUT2D eigenvalue weighted by Crippen LogP contribution is 2.50. The third-order valence-corrected chi connectivity index (χ3v) is 8.45. The van der Waals surface area contributed by atoms with Crippen LogP contribution in [0.15, 0.2) is 47.2 Å². The summed E-state index contributed by atoms with van der Waals surface area (Å²) in [7, 11) is 2.09. The molecule has 3 fully saturated rings. The third kappa shape index (κ3) is 4.04. The molecule has 0 bridgehead atoms. The Morgan fingerprint density at radius 1 is 1.06 bits per heavy atom. The van der Waals surface area contributed by atoms with E-state index in [0.29, 0.717) is 17.8 Å². The lowest BCUT2D eigenvalue weighted by Crippen LogP contribution is -2.63. The van der Waals surface area contributed by atoms with Gasteiger partial charge in [0.05, 0.1) is 6.04 Å². The van der Waals surface area contributed by atoms with Crippen LogP contribution in [-0.4, -0.2) is 63.1 Å². The van der Waals surface area contributed by atoms with E-state index >= 15 is 0 Å². The minimum absolute atomic E-state index is 0.343. The van der Waals surface area contributed by atoms with Crippen LogP contribution in [0.2, 0.25) is 0 Å². The lowest BCUT2D eigenvalue weighted by molar-refractivity contribution is -0.127. The number of aromatic nitrogens is 4. The van der Waals surface area contributed by atoms with Crippen molar-refractivity contribution in [1.82, 2.24) is 24.6 Å². The Labute approximate surface area is 214 Å². The van der Waals surface area contributed by atoms with Gasteiger partial charge in [-0.3, -0.25) is 4.98 Å². The summed E-state index contributed by atoms with van der Waals surface area (Å²) >= 11 is 3.53. The normalized spacial score (nSPS) is 22.5. The minimum Gasteiger partial charge on any atom is -0.381 e. The summed E-state index contributed by atoms with van der Waals surface area (Å²) in [6.45, 7) is 5.31. The largest absolute Gasteiger partial charge is 0.381 e. The van der Waals surface area contributed by atoms with Gasteiger partial charge in [-0.2, -0.15) is 5.10 Å². The van der Waals surface area contributed by atoms with Crippen LogP contribution in [0.4, 0.5) is 0 Å². The fraction of sp³-hybridized carbons (Fsp3) is 0.519. The highest BCUT2D eigenvalue weighted by atomic mass is 79.9. The molecule has 6 rings (SSSR count). The summed E-state index contributed by atoms with van der Waals surface area (Å²) in [4.78, 5) is 11.9. The van der Waals surface area contributed by atoms with Gasteiger partial charge in [0.1, 0.15) is 11.4 Å². The highest BCUT2D eigenvalue weighted by Gasteiger charge is 2.55. The first-order valence-electron chi connectivity index (χ1n) is 12.5. The topological polar surface area (TPSA) is 76.3 Å². The van der Waals surface area contributed by atoms with Gasteiger partial charge >= 0.3 is 0 Å². The molecule has 2 aliphatic heterocycles. The van der Waals surface area contributed by atoms with E-state index in [1.54, 1.807) is 6.20 Å². The van der Waals surface area contributed by atoms with Gasteiger partial charge in [-0.25, -0.2) is 9.67 Å². The van der Waals surface area contributed by atoms with Crippen molar-refractivity contribution in [2.45, 2.75) is 50.2 Å². The second-order valence-electron chi connectivity index (χ2n) is 10.8. The molecule has 2 saturated heterocycles. The molecule has 3 aromatic rings. The Kier molecular flexibility index (Phi) is 5.83. The van der Waals surface area contributed by atoms with Crippen molar-refractivity contribution >= 4 is 15.9 Å². The van der Waals surface area contributed by atoms with E-state index in [1.165, 1.54) is 0 Å². The Hall–Kier alpha value is -2.13. The van der Waals surface area contributed by atoms with E-state index in [2.05, 4.69) is 44.5 Å². The SMILES string of the molecule is CN1CC(C)(C(O)(c2ccc(Br)cc2)c2cncc(-c3nc(C4CCOCC4)n(C4CC4)n3)c2)C1. The number of pyridine rings is 1. The van der Waals surface area contributed by atoms with E-state index in [0.717, 1.165) is 79.0 Å². The first-order chi connectivity index (χ1) is 16.9. The lowest BCUT2D eigenvalue weighted by Gasteiger charge is -2.55. The van der Waals surface area contributed by atoms with Crippen LogP contribution in [0.5, 0.6) is 0 Å². The van der Waals surface area contributed by atoms with Crippen LogP contribution in [0.1, 0.15) is 61.5 Å². The molecule has 35 heavy (non-hydrogen) atoms. The zero-order chi connectivity index (χ0) is 24.2. The van der Waals surface area contributed by atoms with Crippen molar-refractivity contribution < 1.29 is 9.84 Å². The van der Waals surface area contributed by atoms with Crippen molar-refractivity contribution in [2.75, 3.05) is 33.4 Å². The van der Waals surface area contributed by atoms with Gasteiger partial charge in [0.2, 0.25) is 0 Å². The van der Waals surface area contributed by atoms with Crippen molar-refractivity contribution in [3.8, 4) is 11.4 Å². The van der Waals surface area contributed by atoms with Crippen LogP contribution < -0.4 is 0 Å². The predicted octanol–water partition coefficient (Wildman–Crippen LogP) is 4.52. The summed E-state index contributed by atoms with van der Waals surface area (Å²) in [6, 6.07) is 10.5. The molecule has 1 atom stereocenters. The number of benzene rings is 1. The van der Waals surface area contributed by atoms with Gasteiger partial charge in [0, 0.05) is 65.6 Å². The summed E-state index contributed by atoms with van der Waals surface area (Å²) in [6.07, 6.45) is 7.91. The third-order valence-electron chi connectivity index (χ3n) is 7.92.